The van der Waals surface area contributed by atoms with Crippen molar-refractivity contribution in [3.63, 3.8) is 0 Å². The molecule has 0 N–H and O–H groups in total. The van der Waals surface area contributed by atoms with Crippen LogP contribution in [0.4, 0.5) is 8.78 Å². The van der Waals surface area contributed by atoms with Crippen LogP contribution in [-0.4, -0.2) is 64.1 Å². The van der Waals surface area contributed by atoms with E-state index in [9.17, 15) is 18.4 Å². The molecule has 4 rings (SSSR count). The van der Waals surface area contributed by atoms with Gasteiger partial charge in [0.15, 0.2) is 23.2 Å². The van der Waals surface area contributed by atoms with E-state index in [0.29, 0.717) is 18.9 Å². The van der Waals surface area contributed by atoms with Gasteiger partial charge in [0.25, 0.3) is 0 Å². The van der Waals surface area contributed by atoms with Gasteiger partial charge in [0.05, 0.1) is 24.6 Å². The number of carbonyl (C=O) groups excluding carboxylic acids is 2. The first-order valence-corrected chi connectivity index (χ1v) is 12.1. The Morgan fingerprint density at radius 1 is 1.26 bits per heavy atom. The van der Waals surface area contributed by atoms with Crippen LogP contribution >= 0.6 is 11.8 Å². The van der Waals surface area contributed by atoms with Crippen LogP contribution in [0.5, 0.6) is 5.75 Å². The quantitative estimate of drug-likeness (QED) is 0.427. The van der Waals surface area contributed by atoms with Gasteiger partial charge in [0, 0.05) is 36.7 Å². The SMILES string of the molecule is CCC(=O)c1cc(F)c(OCC2CN(C(=O)CSCc3cn4ccccc4n3)CCO2)c(F)c1. The molecule has 180 valence electrons. The third kappa shape index (κ3) is 5.74. The number of halogens is 2. The van der Waals surface area contributed by atoms with Gasteiger partial charge < -0.3 is 18.8 Å². The van der Waals surface area contributed by atoms with Crippen molar-refractivity contribution in [3.8, 4) is 5.75 Å². The van der Waals surface area contributed by atoms with E-state index < -0.39 is 23.5 Å². The molecule has 1 saturated heterocycles. The van der Waals surface area contributed by atoms with Gasteiger partial charge in [-0.1, -0.05) is 13.0 Å². The summed E-state index contributed by atoms with van der Waals surface area (Å²) >= 11 is 1.48. The topological polar surface area (TPSA) is 73.1 Å². The van der Waals surface area contributed by atoms with Gasteiger partial charge in [-0.25, -0.2) is 13.8 Å². The van der Waals surface area contributed by atoms with E-state index in [1.807, 2.05) is 35.0 Å². The molecule has 1 aliphatic heterocycles. The molecular weight excluding hydrogens is 464 g/mol. The fourth-order valence-corrected chi connectivity index (χ4v) is 4.48. The number of hydrogen-bond donors (Lipinski definition) is 0. The van der Waals surface area contributed by atoms with Gasteiger partial charge >= 0.3 is 0 Å². The molecule has 1 fully saturated rings. The lowest BCUT2D eigenvalue weighted by Crippen LogP contribution is -2.48. The maximum atomic E-state index is 14.3. The number of nitrogens with zero attached hydrogens (tertiary/aromatic N) is 3. The summed E-state index contributed by atoms with van der Waals surface area (Å²) in [5.74, 6) is -1.93. The summed E-state index contributed by atoms with van der Waals surface area (Å²) in [6.45, 7) is 2.52. The maximum absolute atomic E-state index is 14.3. The summed E-state index contributed by atoms with van der Waals surface area (Å²) in [4.78, 5) is 30.5. The van der Waals surface area contributed by atoms with Crippen LogP contribution < -0.4 is 4.74 Å². The van der Waals surface area contributed by atoms with Crippen LogP contribution in [0.3, 0.4) is 0 Å². The zero-order valence-electron chi connectivity index (χ0n) is 18.7. The Kier molecular flexibility index (Phi) is 7.79. The van der Waals surface area contributed by atoms with Gasteiger partial charge in [-0.3, -0.25) is 9.59 Å². The van der Waals surface area contributed by atoms with Crippen LogP contribution in [0.25, 0.3) is 5.65 Å². The lowest BCUT2D eigenvalue weighted by Gasteiger charge is -2.32. The zero-order valence-corrected chi connectivity index (χ0v) is 19.5. The number of rotatable bonds is 9. The smallest absolute Gasteiger partial charge is 0.232 e. The first kappa shape index (κ1) is 24.2. The van der Waals surface area contributed by atoms with Crippen LogP contribution in [0, 0.1) is 11.6 Å². The second-order valence-corrected chi connectivity index (χ2v) is 8.87. The van der Waals surface area contributed by atoms with E-state index in [-0.39, 0.29) is 42.6 Å². The number of thioether (sulfide) groups is 1. The highest BCUT2D eigenvalue weighted by atomic mass is 32.2. The van der Waals surface area contributed by atoms with Gasteiger partial charge in [-0.05, 0) is 24.3 Å². The summed E-state index contributed by atoms with van der Waals surface area (Å²) < 4.78 is 41.4. The summed E-state index contributed by atoms with van der Waals surface area (Å²) in [5.41, 5.74) is 1.73. The number of imidazole rings is 1. The van der Waals surface area contributed by atoms with Gasteiger partial charge in [-0.15, -0.1) is 11.8 Å². The van der Waals surface area contributed by atoms with E-state index in [1.54, 1.807) is 11.8 Å². The van der Waals surface area contributed by atoms with Gasteiger partial charge in [-0.2, -0.15) is 0 Å². The number of aromatic nitrogens is 2. The molecule has 3 aromatic rings. The molecule has 0 aliphatic carbocycles. The molecular formula is C24H25F2N3O4S. The number of carbonyl (C=O) groups is 2. The predicted molar refractivity (Wildman–Crippen MR) is 124 cm³/mol. The van der Waals surface area contributed by atoms with Crippen LogP contribution in [0.1, 0.15) is 29.4 Å². The number of benzene rings is 1. The number of hydrogen-bond acceptors (Lipinski definition) is 6. The molecule has 0 spiro atoms. The summed E-state index contributed by atoms with van der Waals surface area (Å²) in [5, 5.41) is 0. The van der Waals surface area contributed by atoms with Gasteiger partial charge in [0.1, 0.15) is 18.4 Å². The number of amides is 1. The van der Waals surface area contributed by atoms with Crippen LogP contribution in [-0.2, 0) is 15.3 Å². The normalized spacial score (nSPS) is 16.1. The van der Waals surface area contributed by atoms with Crippen molar-refractivity contribution in [1.82, 2.24) is 14.3 Å². The van der Waals surface area contributed by atoms with E-state index in [2.05, 4.69) is 4.98 Å². The Morgan fingerprint density at radius 2 is 2.06 bits per heavy atom. The fraction of sp³-hybridized carbons (Fsp3) is 0.375. The molecule has 0 saturated carbocycles. The Balaban J connectivity index is 1.26. The van der Waals surface area contributed by atoms with Crippen molar-refractivity contribution in [1.29, 1.82) is 0 Å². The average Bonchev–Trinajstić information content (AvgIpc) is 3.26. The molecule has 1 aliphatic rings. The minimum absolute atomic E-state index is 0.0309. The fourth-order valence-electron chi connectivity index (χ4n) is 3.68. The van der Waals surface area contributed by atoms with Crippen LogP contribution in [0.15, 0.2) is 42.7 Å². The molecule has 1 atom stereocenters. The van der Waals surface area contributed by atoms with Crippen molar-refractivity contribution in [3.05, 3.63) is 65.6 Å². The number of ketones is 1. The lowest BCUT2D eigenvalue weighted by atomic mass is 10.1. The molecule has 2 aromatic heterocycles. The van der Waals surface area contributed by atoms with Crippen molar-refractivity contribution < 1.29 is 27.8 Å². The Labute approximate surface area is 200 Å². The van der Waals surface area contributed by atoms with Crippen molar-refractivity contribution in [2.24, 2.45) is 0 Å². The second kappa shape index (κ2) is 11.0. The van der Waals surface area contributed by atoms with Crippen molar-refractivity contribution in [2.75, 3.05) is 32.1 Å². The van der Waals surface area contributed by atoms with Crippen molar-refractivity contribution in [2.45, 2.75) is 25.2 Å². The predicted octanol–water partition coefficient (Wildman–Crippen LogP) is 3.74. The largest absolute Gasteiger partial charge is 0.485 e. The lowest BCUT2D eigenvalue weighted by molar-refractivity contribution is -0.137. The van der Waals surface area contributed by atoms with E-state index in [0.717, 1.165) is 23.5 Å². The molecule has 10 heteroatoms. The Bertz CT molecular complexity index is 1130. The molecule has 1 unspecified atom stereocenters. The van der Waals surface area contributed by atoms with E-state index in [4.69, 9.17) is 9.47 Å². The third-order valence-corrected chi connectivity index (χ3v) is 6.39. The number of Topliss-reactive ketones (excluding diaryl/α,β-unsaturated/α-hetero) is 1. The van der Waals surface area contributed by atoms with Crippen LogP contribution in [0.2, 0.25) is 0 Å². The monoisotopic (exact) mass is 489 g/mol. The second-order valence-electron chi connectivity index (χ2n) is 7.88. The first-order chi connectivity index (χ1) is 16.4. The molecule has 1 amide bonds. The molecule has 7 nitrogen and oxygen atoms in total. The van der Waals surface area contributed by atoms with Crippen molar-refractivity contribution >= 4 is 29.1 Å². The molecule has 0 radical (unpaired) electrons. The van der Waals surface area contributed by atoms with Gasteiger partial charge in [0.2, 0.25) is 5.91 Å². The number of fused-ring (bicyclic) bond motifs is 1. The number of morpholine rings is 1. The van der Waals surface area contributed by atoms with E-state index >= 15 is 0 Å². The molecule has 3 heterocycles. The number of pyridine rings is 1. The Hall–Kier alpha value is -2.98. The first-order valence-electron chi connectivity index (χ1n) is 11.0. The van der Waals surface area contributed by atoms with E-state index in [1.165, 1.54) is 11.8 Å². The molecule has 0 bridgehead atoms. The Morgan fingerprint density at radius 3 is 2.79 bits per heavy atom. The summed E-state index contributed by atoms with van der Waals surface area (Å²) in [6, 6.07) is 7.72. The molecule has 1 aromatic carbocycles. The summed E-state index contributed by atoms with van der Waals surface area (Å²) in [6.07, 6.45) is 3.50. The standard InChI is InChI=1S/C24H25F2N3O4S/c1-2-21(30)16-9-19(25)24(20(26)10-16)33-13-18-12-29(7-8-32-18)23(31)15-34-14-17-11-28-6-4-3-5-22(28)27-17/h3-6,9-11,18H,2,7-8,12-15H2,1H3. The third-order valence-electron chi connectivity index (χ3n) is 5.44. The highest BCUT2D eigenvalue weighted by Gasteiger charge is 2.26. The number of ether oxygens (including phenoxy) is 2. The average molecular weight is 490 g/mol. The highest BCUT2D eigenvalue weighted by Crippen LogP contribution is 2.25. The highest BCUT2D eigenvalue weighted by molar-refractivity contribution is 7.99. The minimum Gasteiger partial charge on any atom is -0.485 e. The maximum Gasteiger partial charge on any atom is 0.232 e. The molecule has 34 heavy (non-hydrogen) atoms. The minimum atomic E-state index is -0.941. The zero-order chi connectivity index (χ0) is 24.1. The summed E-state index contributed by atoms with van der Waals surface area (Å²) in [7, 11) is 0.